The van der Waals surface area contributed by atoms with Crippen LogP contribution in [-0.2, 0) is 14.3 Å². The molecule has 2 aliphatic rings. The van der Waals surface area contributed by atoms with E-state index in [0.717, 1.165) is 51.4 Å². The predicted molar refractivity (Wildman–Crippen MR) is 80.8 cm³/mol. The zero-order valence-corrected chi connectivity index (χ0v) is 13.2. The van der Waals surface area contributed by atoms with Gasteiger partial charge in [0.15, 0.2) is 0 Å². The molecule has 0 spiro atoms. The van der Waals surface area contributed by atoms with Gasteiger partial charge in [-0.25, -0.2) is 0 Å². The molecule has 0 aromatic carbocycles. The van der Waals surface area contributed by atoms with E-state index in [9.17, 15) is 9.59 Å². The van der Waals surface area contributed by atoms with E-state index in [-0.39, 0.29) is 11.8 Å². The average molecular weight is 296 g/mol. The van der Waals surface area contributed by atoms with Gasteiger partial charge in [0.25, 0.3) is 0 Å². The smallest absolute Gasteiger partial charge is 0.217 e. The number of amides is 2. The van der Waals surface area contributed by atoms with Crippen LogP contribution in [0.15, 0.2) is 0 Å². The molecule has 2 fully saturated rings. The Morgan fingerprint density at radius 1 is 0.714 bits per heavy atom. The summed E-state index contributed by atoms with van der Waals surface area (Å²) in [5, 5.41) is 5.99. The summed E-state index contributed by atoms with van der Waals surface area (Å²) in [6.45, 7) is 3.16. The first-order chi connectivity index (χ1) is 10.0. The van der Waals surface area contributed by atoms with Crippen molar-refractivity contribution < 1.29 is 14.3 Å². The Labute approximate surface area is 127 Å². The summed E-state index contributed by atoms with van der Waals surface area (Å²) < 4.78 is 6.21. The topological polar surface area (TPSA) is 67.4 Å². The lowest BCUT2D eigenvalue weighted by Gasteiger charge is -2.34. The highest BCUT2D eigenvalue weighted by Crippen LogP contribution is 2.27. The maximum atomic E-state index is 11.0. The highest BCUT2D eigenvalue weighted by Gasteiger charge is 2.27. The number of carbonyl (C=O) groups excluding carboxylic acids is 2. The molecule has 120 valence electrons. The van der Waals surface area contributed by atoms with Gasteiger partial charge in [0.05, 0.1) is 12.2 Å². The van der Waals surface area contributed by atoms with Crippen molar-refractivity contribution in [2.45, 2.75) is 89.5 Å². The van der Waals surface area contributed by atoms with E-state index in [4.69, 9.17) is 4.74 Å². The molecule has 0 aromatic rings. The Morgan fingerprint density at radius 2 is 1.05 bits per heavy atom. The van der Waals surface area contributed by atoms with Crippen LogP contribution < -0.4 is 10.6 Å². The second kappa shape index (κ2) is 7.78. The molecule has 5 heteroatoms. The minimum absolute atomic E-state index is 0.0654. The molecule has 0 aliphatic heterocycles. The summed E-state index contributed by atoms with van der Waals surface area (Å²) in [4.78, 5) is 22.1. The van der Waals surface area contributed by atoms with Crippen LogP contribution in [0.25, 0.3) is 0 Å². The number of hydrogen-bond acceptors (Lipinski definition) is 3. The normalized spacial score (nSPS) is 33.2. The van der Waals surface area contributed by atoms with Gasteiger partial charge in [-0.2, -0.15) is 0 Å². The average Bonchev–Trinajstić information content (AvgIpc) is 2.42. The van der Waals surface area contributed by atoms with Crippen molar-refractivity contribution in [1.82, 2.24) is 10.6 Å². The minimum atomic E-state index is 0.0654. The molecule has 0 aromatic heterocycles. The van der Waals surface area contributed by atoms with Crippen LogP contribution in [-0.4, -0.2) is 36.1 Å². The molecule has 2 N–H and O–H groups in total. The number of hydrogen-bond donors (Lipinski definition) is 2. The lowest BCUT2D eigenvalue weighted by Crippen LogP contribution is -2.41. The summed E-state index contributed by atoms with van der Waals surface area (Å²) in [5.41, 5.74) is 0. The third-order valence-corrected chi connectivity index (χ3v) is 4.55. The summed E-state index contributed by atoms with van der Waals surface area (Å²) >= 11 is 0. The molecule has 2 saturated carbocycles. The van der Waals surface area contributed by atoms with Gasteiger partial charge >= 0.3 is 0 Å². The minimum Gasteiger partial charge on any atom is -0.375 e. The molecule has 2 amide bonds. The van der Waals surface area contributed by atoms with Crippen LogP contribution in [0.4, 0.5) is 0 Å². The molecular weight excluding hydrogens is 268 g/mol. The second-order valence-corrected chi connectivity index (χ2v) is 6.48. The van der Waals surface area contributed by atoms with Gasteiger partial charge in [-0.1, -0.05) is 0 Å². The highest BCUT2D eigenvalue weighted by atomic mass is 16.5. The van der Waals surface area contributed by atoms with Crippen molar-refractivity contribution in [3.8, 4) is 0 Å². The van der Waals surface area contributed by atoms with Gasteiger partial charge in [-0.15, -0.1) is 0 Å². The first kappa shape index (κ1) is 16.3. The number of carbonyl (C=O) groups is 2. The van der Waals surface area contributed by atoms with Crippen molar-refractivity contribution in [1.29, 1.82) is 0 Å². The number of nitrogens with one attached hydrogen (secondary N) is 2. The maximum absolute atomic E-state index is 11.0. The van der Waals surface area contributed by atoms with E-state index in [0.29, 0.717) is 24.3 Å². The molecule has 2 rings (SSSR count). The van der Waals surface area contributed by atoms with Crippen molar-refractivity contribution in [3.63, 3.8) is 0 Å². The Kier molecular flexibility index (Phi) is 6.03. The zero-order valence-electron chi connectivity index (χ0n) is 13.2. The second-order valence-electron chi connectivity index (χ2n) is 6.48. The van der Waals surface area contributed by atoms with E-state index in [2.05, 4.69) is 10.6 Å². The highest BCUT2D eigenvalue weighted by molar-refractivity contribution is 5.73. The quantitative estimate of drug-likeness (QED) is 0.832. The van der Waals surface area contributed by atoms with Gasteiger partial charge in [-0.05, 0) is 51.4 Å². The van der Waals surface area contributed by atoms with Crippen LogP contribution >= 0.6 is 0 Å². The van der Waals surface area contributed by atoms with Crippen LogP contribution in [0.2, 0.25) is 0 Å². The Morgan fingerprint density at radius 3 is 1.33 bits per heavy atom. The molecule has 2 aliphatic carbocycles. The fourth-order valence-corrected chi connectivity index (χ4v) is 3.53. The zero-order chi connectivity index (χ0) is 15.2. The van der Waals surface area contributed by atoms with Gasteiger partial charge < -0.3 is 15.4 Å². The van der Waals surface area contributed by atoms with Crippen LogP contribution in [0, 0.1) is 0 Å². The van der Waals surface area contributed by atoms with Crippen molar-refractivity contribution in [2.24, 2.45) is 0 Å². The Bertz CT molecular complexity index is 323. The molecule has 0 heterocycles. The summed E-state index contributed by atoms with van der Waals surface area (Å²) in [7, 11) is 0. The van der Waals surface area contributed by atoms with E-state index in [1.54, 1.807) is 13.8 Å². The van der Waals surface area contributed by atoms with Gasteiger partial charge in [0.2, 0.25) is 11.8 Å². The van der Waals surface area contributed by atoms with Crippen molar-refractivity contribution in [3.05, 3.63) is 0 Å². The first-order valence-corrected chi connectivity index (χ1v) is 8.22. The summed E-state index contributed by atoms with van der Waals surface area (Å²) in [5.74, 6) is 0.131. The van der Waals surface area contributed by atoms with E-state index in [1.807, 2.05) is 0 Å². The monoisotopic (exact) mass is 296 g/mol. The molecule has 0 atom stereocenters. The molecule has 0 bridgehead atoms. The van der Waals surface area contributed by atoms with E-state index in [1.165, 1.54) is 0 Å². The summed E-state index contributed by atoms with van der Waals surface area (Å²) in [6.07, 6.45) is 8.92. The molecule has 21 heavy (non-hydrogen) atoms. The molecule has 0 radical (unpaired) electrons. The molecule has 0 unspecified atom stereocenters. The number of rotatable bonds is 4. The Hall–Kier alpha value is -1.10. The molecule has 5 nitrogen and oxygen atoms in total. The maximum Gasteiger partial charge on any atom is 0.217 e. The predicted octanol–water partition coefficient (Wildman–Crippen LogP) is 1.90. The third kappa shape index (κ3) is 5.65. The largest absolute Gasteiger partial charge is 0.375 e. The van der Waals surface area contributed by atoms with Crippen LogP contribution in [0.1, 0.15) is 65.2 Å². The lowest BCUT2D eigenvalue weighted by atomic mass is 9.90. The van der Waals surface area contributed by atoms with Gasteiger partial charge in [0, 0.05) is 25.9 Å². The first-order valence-electron chi connectivity index (χ1n) is 8.22. The van der Waals surface area contributed by atoms with E-state index >= 15 is 0 Å². The fraction of sp³-hybridized carbons (Fsp3) is 0.875. The summed E-state index contributed by atoms with van der Waals surface area (Å²) in [6, 6.07) is 0.663. The van der Waals surface area contributed by atoms with Crippen molar-refractivity contribution in [2.75, 3.05) is 0 Å². The van der Waals surface area contributed by atoms with Crippen LogP contribution in [0.5, 0.6) is 0 Å². The van der Waals surface area contributed by atoms with E-state index < -0.39 is 0 Å². The van der Waals surface area contributed by atoms with Crippen LogP contribution in [0.3, 0.4) is 0 Å². The van der Waals surface area contributed by atoms with Gasteiger partial charge in [0.1, 0.15) is 0 Å². The van der Waals surface area contributed by atoms with Crippen molar-refractivity contribution >= 4 is 11.8 Å². The fourth-order valence-electron chi connectivity index (χ4n) is 3.53. The molecule has 0 saturated heterocycles. The Balaban J connectivity index is 1.64. The standard InChI is InChI=1S/C16H28N2O3/c1-11(19)17-13-3-7-15(8-4-13)21-16-9-5-14(6-10-16)18-12(2)20/h13-16H,3-10H2,1-2H3,(H,17,19)(H,18,20). The SMILES string of the molecule is CC(=O)NC1CCC(OC2CCC(NC(C)=O)CC2)CC1. The molecular formula is C16H28N2O3. The number of ether oxygens (including phenoxy) is 1. The van der Waals surface area contributed by atoms with Gasteiger partial charge in [-0.3, -0.25) is 9.59 Å². The third-order valence-electron chi connectivity index (χ3n) is 4.55. The lowest BCUT2D eigenvalue weighted by molar-refractivity contribution is -0.120.